The molecule has 0 amide bonds. The lowest BCUT2D eigenvalue weighted by atomic mass is 9.95. The van der Waals surface area contributed by atoms with Crippen molar-refractivity contribution in [3.63, 3.8) is 0 Å². The van der Waals surface area contributed by atoms with Crippen LogP contribution in [-0.2, 0) is 16.8 Å². The van der Waals surface area contributed by atoms with Crippen molar-refractivity contribution >= 4 is 5.69 Å². The number of nitrogens with zero attached hydrogens (tertiary/aromatic N) is 1. The van der Waals surface area contributed by atoms with Gasteiger partial charge in [0.1, 0.15) is 5.67 Å². The SMILES string of the molecule is CC.CC.CCC.CCCOCC1=CC(CCCCO)N(C)c2cc(C(C)(C)F)ccc2C1. The van der Waals surface area contributed by atoms with Gasteiger partial charge in [0.25, 0.3) is 0 Å². The van der Waals surface area contributed by atoms with E-state index in [2.05, 4.69) is 44.9 Å². The molecule has 1 atom stereocenters. The Morgan fingerprint density at radius 1 is 1.09 bits per heavy atom. The summed E-state index contributed by atoms with van der Waals surface area (Å²) in [5, 5.41) is 9.11. The second-order valence-corrected chi connectivity index (χ2v) is 8.47. The van der Waals surface area contributed by atoms with Crippen LogP contribution >= 0.6 is 0 Å². The number of aliphatic hydroxyl groups is 1. The molecule has 0 aromatic heterocycles. The minimum atomic E-state index is -1.35. The third-order valence-corrected chi connectivity index (χ3v) is 5.04. The monoisotopic (exact) mass is 467 g/mol. The van der Waals surface area contributed by atoms with Gasteiger partial charge in [-0.2, -0.15) is 0 Å². The number of alkyl halides is 1. The zero-order valence-electron chi connectivity index (χ0n) is 23.4. The molecule has 0 spiro atoms. The van der Waals surface area contributed by atoms with Crippen LogP contribution in [0.15, 0.2) is 29.8 Å². The molecule has 1 heterocycles. The molecule has 194 valence electrons. The standard InChI is InChI=1S/C22H34FNO2.C3H8.2C2H6/c1-5-12-26-16-17-13-18-9-10-19(22(2,3)23)15-21(18)24(4)20(14-17)8-6-7-11-25;1-3-2;2*1-2/h9-10,14-15,20,25H,5-8,11-13,16H2,1-4H3;3H2,1-2H3;2*1-2H3. The molecule has 0 radical (unpaired) electrons. The van der Waals surface area contributed by atoms with Crippen molar-refractivity contribution in [2.45, 2.75) is 113 Å². The number of fused-ring (bicyclic) bond motifs is 1. The number of likely N-dealkylation sites (N-methyl/N-ethyl adjacent to an activating group) is 1. The molecule has 0 aliphatic carbocycles. The van der Waals surface area contributed by atoms with Gasteiger partial charge in [-0.3, -0.25) is 0 Å². The van der Waals surface area contributed by atoms with E-state index in [1.165, 1.54) is 17.6 Å². The Kier molecular flexibility index (Phi) is 20.5. The van der Waals surface area contributed by atoms with E-state index in [1.807, 2.05) is 39.8 Å². The van der Waals surface area contributed by atoms with Gasteiger partial charge in [-0.05, 0) is 68.7 Å². The Hall–Kier alpha value is -1.39. The van der Waals surface area contributed by atoms with Crippen LogP contribution in [0.1, 0.15) is 106 Å². The average molecular weight is 468 g/mol. The molecule has 1 unspecified atom stereocenters. The Bertz CT molecular complexity index is 623. The maximum absolute atomic E-state index is 14.5. The Morgan fingerprint density at radius 3 is 2.21 bits per heavy atom. The summed E-state index contributed by atoms with van der Waals surface area (Å²) in [5.41, 5.74) is 2.96. The van der Waals surface area contributed by atoms with E-state index in [4.69, 9.17) is 9.84 Å². The molecule has 1 aromatic rings. The van der Waals surface area contributed by atoms with Gasteiger partial charge in [0.05, 0.1) is 6.61 Å². The summed E-state index contributed by atoms with van der Waals surface area (Å²) in [6.45, 7) is 19.2. The molecule has 33 heavy (non-hydrogen) atoms. The Labute approximate surface area is 205 Å². The fraction of sp³-hybridized carbons (Fsp3) is 0.724. The van der Waals surface area contributed by atoms with E-state index >= 15 is 0 Å². The summed E-state index contributed by atoms with van der Waals surface area (Å²) in [6.07, 6.45) is 8.16. The van der Waals surface area contributed by atoms with Crippen LogP contribution in [-0.4, -0.2) is 38.0 Å². The molecule has 1 N–H and O–H groups in total. The predicted molar refractivity (Wildman–Crippen MR) is 145 cm³/mol. The first-order valence-corrected chi connectivity index (χ1v) is 13.2. The zero-order valence-corrected chi connectivity index (χ0v) is 23.4. The molecule has 0 fully saturated rings. The van der Waals surface area contributed by atoms with Gasteiger partial charge in [0.2, 0.25) is 0 Å². The largest absolute Gasteiger partial charge is 0.396 e. The van der Waals surface area contributed by atoms with Crippen molar-refractivity contribution in [3.8, 4) is 0 Å². The fourth-order valence-corrected chi connectivity index (χ4v) is 3.47. The van der Waals surface area contributed by atoms with Gasteiger partial charge in [-0.25, -0.2) is 4.39 Å². The van der Waals surface area contributed by atoms with E-state index in [0.717, 1.165) is 44.4 Å². The maximum Gasteiger partial charge on any atom is 0.130 e. The second-order valence-electron chi connectivity index (χ2n) is 8.47. The molecular formula is C29H54FNO2. The smallest absolute Gasteiger partial charge is 0.130 e. The number of benzene rings is 1. The Morgan fingerprint density at radius 2 is 1.70 bits per heavy atom. The molecular weight excluding hydrogens is 413 g/mol. The summed E-state index contributed by atoms with van der Waals surface area (Å²) >= 11 is 0. The average Bonchev–Trinajstić information content (AvgIpc) is 2.93. The van der Waals surface area contributed by atoms with Crippen LogP contribution in [0.4, 0.5) is 10.1 Å². The summed E-state index contributed by atoms with van der Waals surface area (Å²) in [5.74, 6) is 0. The van der Waals surface area contributed by atoms with Crippen molar-refractivity contribution in [2.24, 2.45) is 0 Å². The first kappa shape index (κ1) is 33.8. The van der Waals surface area contributed by atoms with Crippen LogP contribution in [0, 0.1) is 0 Å². The van der Waals surface area contributed by atoms with Crippen LogP contribution in [0.3, 0.4) is 0 Å². The predicted octanol–water partition coefficient (Wildman–Crippen LogP) is 8.24. The number of halogens is 1. The molecule has 2 rings (SSSR count). The molecule has 0 saturated heterocycles. The lowest BCUT2D eigenvalue weighted by Crippen LogP contribution is -2.30. The van der Waals surface area contributed by atoms with Gasteiger partial charge < -0.3 is 14.7 Å². The summed E-state index contributed by atoms with van der Waals surface area (Å²) in [6, 6.07) is 6.20. The summed E-state index contributed by atoms with van der Waals surface area (Å²) < 4.78 is 20.3. The molecule has 0 saturated carbocycles. The number of anilines is 1. The van der Waals surface area contributed by atoms with Crippen LogP contribution in [0.5, 0.6) is 0 Å². The number of unbranched alkanes of at least 4 members (excludes halogenated alkanes) is 1. The highest BCUT2D eigenvalue weighted by molar-refractivity contribution is 5.60. The molecule has 1 aromatic carbocycles. The molecule has 1 aliphatic heterocycles. The number of aliphatic hydroxyl groups excluding tert-OH is 1. The van der Waals surface area contributed by atoms with E-state index < -0.39 is 5.67 Å². The maximum atomic E-state index is 14.5. The summed E-state index contributed by atoms with van der Waals surface area (Å²) in [4.78, 5) is 2.26. The van der Waals surface area contributed by atoms with Gasteiger partial charge >= 0.3 is 0 Å². The quantitative estimate of drug-likeness (QED) is 0.293. The number of rotatable bonds is 9. The molecule has 1 aliphatic rings. The third-order valence-electron chi connectivity index (χ3n) is 5.04. The summed E-state index contributed by atoms with van der Waals surface area (Å²) in [7, 11) is 2.09. The third kappa shape index (κ3) is 13.2. The van der Waals surface area contributed by atoms with Crippen LogP contribution in [0.25, 0.3) is 0 Å². The van der Waals surface area contributed by atoms with Crippen molar-refractivity contribution in [2.75, 3.05) is 31.8 Å². The minimum Gasteiger partial charge on any atom is -0.396 e. The van der Waals surface area contributed by atoms with Crippen molar-refractivity contribution in [1.82, 2.24) is 0 Å². The molecule has 0 bridgehead atoms. The first-order valence-electron chi connectivity index (χ1n) is 13.2. The Balaban J connectivity index is 0. The normalized spacial score (nSPS) is 14.8. The van der Waals surface area contributed by atoms with E-state index in [-0.39, 0.29) is 12.6 Å². The topological polar surface area (TPSA) is 32.7 Å². The highest BCUT2D eigenvalue weighted by atomic mass is 19.1. The van der Waals surface area contributed by atoms with Crippen LogP contribution in [0.2, 0.25) is 0 Å². The van der Waals surface area contributed by atoms with E-state index in [1.54, 1.807) is 13.8 Å². The minimum absolute atomic E-state index is 0.226. The molecule has 3 nitrogen and oxygen atoms in total. The second kappa shape index (κ2) is 20.0. The molecule has 4 heteroatoms. The fourth-order valence-electron chi connectivity index (χ4n) is 3.47. The number of ether oxygens (including phenoxy) is 1. The van der Waals surface area contributed by atoms with Gasteiger partial charge in [0, 0.05) is 32.0 Å². The lowest BCUT2D eigenvalue weighted by molar-refractivity contribution is 0.155. The highest BCUT2D eigenvalue weighted by Gasteiger charge is 2.25. The van der Waals surface area contributed by atoms with E-state index in [9.17, 15) is 4.39 Å². The van der Waals surface area contributed by atoms with E-state index in [0.29, 0.717) is 12.2 Å². The van der Waals surface area contributed by atoms with Crippen molar-refractivity contribution < 1.29 is 14.2 Å². The van der Waals surface area contributed by atoms with Gasteiger partial charge in [-0.15, -0.1) is 0 Å². The van der Waals surface area contributed by atoms with Gasteiger partial charge in [-0.1, -0.05) is 73.1 Å². The first-order chi connectivity index (χ1) is 15.8. The zero-order chi connectivity index (χ0) is 25.9. The number of hydrogen-bond acceptors (Lipinski definition) is 3. The van der Waals surface area contributed by atoms with Crippen molar-refractivity contribution in [1.29, 1.82) is 0 Å². The number of hydrogen-bond donors (Lipinski definition) is 1. The van der Waals surface area contributed by atoms with Gasteiger partial charge in [0.15, 0.2) is 0 Å². The highest BCUT2D eigenvalue weighted by Crippen LogP contribution is 2.35. The lowest BCUT2D eigenvalue weighted by Gasteiger charge is -2.29. The van der Waals surface area contributed by atoms with Crippen LogP contribution < -0.4 is 4.90 Å². The van der Waals surface area contributed by atoms with Crippen molar-refractivity contribution in [3.05, 3.63) is 41.0 Å².